The zero-order valence-corrected chi connectivity index (χ0v) is 19.0. The lowest BCUT2D eigenvalue weighted by atomic mass is 9.45. The Morgan fingerprint density at radius 3 is 2.94 bits per heavy atom. The highest BCUT2D eigenvalue weighted by molar-refractivity contribution is 5.86. The van der Waals surface area contributed by atoms with E-state index in [9.17, 15) is 5.11 Å². The maximum atomic E-state index is 10.9. The van der Waals surface area contributed by atoms with Gasteiger partial charge in [-0.3, -0.25) is 0 Å². The van der Waals surface area contributed by atoms with E-state index in [4.69, 9.17) is 9.47 Å². The van der Waals surface area contributed by atoms with Crippen molar-refractivity contribution in [3.05, 3.63) is 58.8 Å². The number of para-hydroxylation sites is 1. The molecule has 5 nitrogen and oxygen atoms in total. The SMILES string of the molecule is CCCO[C@@]12Cc3c([nH]c4ccccc34)[C@]3(C)Oc4c(O)ccc5c4[C@@]31CCN(C)[C@H]2C5. The second-order valence-electron chi connectivity index (χ2n) is 10.4. The fourth-order valence-corrected chi connectivity index (χ4v) is 7.88. The summed E-state index contributed by atoms with van der Waals surface area (Å²) in [6.45, 7) is 6.14. The van der Waals surface area contributed by atoms with Crippen LogP contribution in [0.4, 0.5) is 0 Å². The normalized spacial score (nSPS) is 34.3. The fraction of sp³-hybridized carbons (Fsp3) is 0.481. The van der Waals surface area contributed by atoms with Crippen LogP contribution in [0.15, 0.2) is 36.4 Å². The Balaban J connectivity index is 1.63. The number of rotatable bonds is 3. The first-order valence-corrected chi connectivity index (χ1v) is 12.0. The minimum atomic E-state index is -0.636. The predicted octanol–water partition coefficient (Wildman–Crippen LogP) is 4.40. The smallest absolute Gasteiger partial charge is 0.166 e. The van der Waals surface area contributed by atoms with E-state index in [1.807, 2.05) is 6.07 Å². The number of likely N-dealkylation sites (N-methyl/N-ethyl adjacent to an activating group) is 1. The molecule has 3 heterocycles. The Morgan fingerprint density at radius 2 is 2.09 bits per heavy atom. The first-order valence-electron chi connectivity index (χ1n) is 12.0. The van der Waals surface area contributed by atoms with E-state index in [0.29, 0.717) is 5.75 Å². The van der Waals surface area contributed by atoms with Gasteiger partial charge >= 0.3 is 0 Å². The van der Waals surface area contributed by atoms with Gasteiger partial charge in [-0.25, -0.2) is 0 Å². The average molecular weight is 431 g/mol. The number of piperidine rings is 1. The van der Waals surface area contributed by atoms with Crippen LogP contribution in [0, 0.1) is 0 Å². The predicted molar refractivity (Wildman–Crippen MR) is 123 cm³/mol. The van der Waals surface area contributed by atoms with E-state index in [0.717, 1.165) is 50.0 Å². The lowest BCUT2D eigenvalue weighted by Gasteiger charge is -2.66. The van der Waals surface area contributed by atoms with Gasteiger partial charge in [-0.15, -0.1) is 0 Å². The topological polar surface area (TPSA) is 57.7 Å². The van der Waals surface area contributed by atoms with Gasteiger partial charge in [-0.2, -0.15) is 0 Å². The molecule has 1 fully saturated rings. The molecule has 5 heteroatoms. The summed E-state index contributed by atoms with van der Waals surface area (Å²) in [5.74, 6) is 0.914. The van der Waals surface area contributed by atoms with Crippen LogP contribution in [0.3, 0.4) is 0 Å². The van der Waals surface area contributed by atoms with Crippen LogP contribution in [-0.2, 0) is 28.6 Å². The van der Waals surface area contributed by atoms with Gasteiger partial charge < -0.3 is 24.5 Å². The Kier molecular flexibility index (Phi) is 3.50. The van der Waals surface area contributed by atoms with Crippen molar-refractivity contribution in [2.45, 2.75) is 62.2 Å². The average Bonchev–Trinajstić information content (AvgIpc) is 3.29. The number of benzene rings is 2. The van der Waals surface area contributed by atoms with Gasteiger partial charge in [-0.1, -0.05) is 31.2 Å². The molecule has 2 N–H and O–H groups in total. The van der Waals surface area contributed by atoms with Gasteiger partial charge in [0.25, 0.3) is 0 Å². The standard InChI is InChI=1S/C27H30N2O3/c1-4-13-31-27-15-18-17-7-5-6-8-19(17)28-24(18)25(2)26(27)11-12-29(3)21(27)14-16-9-10-20(30)23(32-25)22(16)26/h5-10,21,28,30H,4,11-15H2,1-3H3/t21-,25-,26-,27+/m0/s1. The molecule has 7 rings (SSSR count). The van der Waals surface area contributed by atoms with Crippen molar-refractivity contribution in [1.82, 2.24) is 9.88 Å². The minimum Gasteiger partial charge on any atom is -0.504 e. The summed E-state index contributed by atoms with van der Waals surface area (Å²) in [5.41, 5.74) is 4.72. The highest BCUT2D eigenvalue weighted by atomic mass is 16.5. The largest absolute Gasteiger partial charge is 0.504 e. The second kappa shape index (κ2) is 5.89. The summed E-state index contributed by atoms with van der Waals surface area (Å²) < 4.78 is 14.0. The molecule has 2 bridgehead atoms. The molecule has 4 aliphatic rings. The molecule has 1 spiro atoms. The molecule has 0 amide bonds. The van der Waals surface area contributed by atoms with E-state index in [-0.39, 0.29) is 17.2 Å². The molecule has 2 aliphatic heterocycles. The van der Waals surface area contributed by atoms with Crippen molar-refractivity contribution >= 4 is 10.9 Å². The van der Waals surface area contributed by atoms with E-state index in [1.165, 1.54) is 22.1 Å². The van der Waals surface area contributed by atoms with Gasteiger partial charge in [-0.05, 0) is 63.0 Å². The Bertz CT molecular complexity index is 1280. The molecule has 0 saturated carbocycles. The van der Waals surface area contributed by atoms with Crippen molar-refractivity contribution in [3.63, 3.8) is 0 Å². The first kappa shape index (κ1) is 19.0. The zero-order chi connectivity index (χ0) is 21.9. The summed E-state index contributed by atoms with van der Waals surface area (Å²) >= 11 is 0. The van der Waals surface area contributed by atoms with Crippen molar-refractivity contribution in [2.75, 3.05) is 20.2 Å². The third kappa shape index (κ3) is 1.84. The van der Waals surface area contributed by atoms with Crippen LogP contribution in [0.1, 0.15) is 49.1 Å². The van der Waals surface area contributed by atoms with E-state index in [1.54, 1.807) is 0 Å². The molecule has 4 atom stereocenters. The monoisotopic (exact) mass is 430 g/mol. The van der Waals surface area contributed by atoms with E-state index < -0.39 is 11.2 Å². The van der Waals surface area contributed by atoms with Crippen LogP contribution >= 0.6 is 0 Å². The molecule has 0 unspecified atom stereocenters. The number of hydrogen-bond donors (Lipinski definition) is 2. The van der Waals surface area contributed by atoms with Gasteiger partial charge in [0.2, 0.25) is 0 Å². The molecule has 3 aromatic rings. The Labute approximate surface area is 188 Å². The summed E-state index contributed by atoms with van der Waals surface area (Å²) in [6.07, 6.45) is 3.70. The number of hydrogen-bond acceptors (Lipinski definition) is 4. The van der Waals surface area contributed by atoms with Crippen LogP contribution in [-0.4, -0.2) is 46.8 Å². The van der Waals surface area contributed by atoms with Crippen LogP contribution in [0.25, 0.3) is 10.9 Å². The third-order valence-electron chi connectivity index (χ3n) is 9.11. The summed E-state index contributed by atoms with van der Waals surface area (Å²) in [5, 5.41) is 12.2. The van der Waals surface area contributed by atoms with Crippen LogP contribution < -0.4 is 4.74 Å². The summed E-state index contributed by atoms with van der Waals surface area (Å²) in [7, 11) is 2.25. The van der Waals surface area contributed by atoms with Crippen molar-refractivity contribution in [2.24, 2.45) is 0 Å². The molecular weight excluding hydrogens is 400 g/mol. The first-order chi connectivity index (χ1) is 15.5. The molecule has 2 aromatic carbocycles. The number of ether oxygens (including phenoxy) is 2. The molecule has 32 heavy (non-hydrogen) atoms. The number of nitrogens with zero attached hydrogens (tertiary/aromatic N) is 1. The Morgan fingerprint density at radius 1 is 1.25 bits per heavy atom. The molecule has 1 saturated heterocycles. The number of aromatic hydroxyl groups is 1. The third-order valence-corrected chi connectivity index (χ3v) is 9.11. The highest BCUT2D eigenvalue weighted by Gasteiger charge is 2.78. The second-order valence-corrected chi connectivity index (χ2v) is 10.4. The van der Waals surface area contributed by atoms with Crippen molar-refractivity contribution in [3.8, 4) is 11.5 Å². The van der Waals surface area contributed by atoms with Crippen molar-refractivity contribution in [1.29, 1.82) is 0 Å². The maximum absolute atomic E-state index is 10.9. The minimum absolute atomic E-state index is 0.244. The van der Waals surface area contributed by atoms with E-state index in [2.05, 4.69) is 61.1 Å². The molecule has 1 aromatic heterocycles. The van der Waals surface area contributed by atoms with Crippen LogP contribution in [0.2, 0.25) is 0 Å². The number of fused-ring (bicyclic) bond motifs is 4. The maximum Gasteiger partial charge on any atom is 0.166 e. The number of aromatic amines is 1. The van der Waals surface area contributed by atoms with Crippen molar-refractivity contribution < 1.29 is 14.6 Å². The van der Waals surface area contributed by atoms with E-state index >= 15 is 0 Å². The summed E-state index contributed by atoms with van der Waals surface area (Å²) in [4.78, 5) is 6.26. The van der Waals surface area contributed by atoms with Gasteiger partial charge in [0.1, 0.15) is 5.60 Å². The van der Waals surface area contributed by atoms with Crippen LogP contribution in [0.5, 0.6) is 11.5 Å². The van der Waals surface area contributed by atoms with Gasteiger partial charge in [0.05, 0.1) is 11.1 Å². The summed E-state index contributed by atoms with van der Waals surface area (Å²) in [6, 6.07) is 12.8. The zero-order valence-electron chi connectivity index (χ0n) is 19.0. The van der Waals surface area contributed by atoms with Gasteiger partial charge in [0, 0.05) is 35.5 Å². The highest BCUT2D eigenvalue weighted by Crippen LogP contribution is 2.71. The number of phenolic OH excluding ortho intramolecular Hbond substituents is 1. The number of nitrogens with one attached hydrogen (secondary N) is 1. The molecule has 0 radical (unpaired) electrons. The lowest BCUT2D eigenvalue weighted by Crippen LogP contribution is -2.78. The lowest BCUT2D eigenvalue weighted by molar-refractivity contribution is -0.222. The number of phenols is 1. The number of aromatic nitrogens is 1. The van der Waals surface area contributed by atoms with Gasteiger partial charge in [0.15, 0.2) is 17.1 Å². The number of H-pyrrole nitrogens is 1. The quantitative estimate of drug-likeness (QED) is 0.647. The molecular formula is C27H30N2O3. The Hall–Kier alpha value is -2.50. The molecule has 166 valence electrons. The fourth-order valence-electron chi connectivity index (χ4n) is 7.88. The molecule has 2 aliphatic carbocycles. The number of likely N-dealkylation sites (tertiary alicyclic amines) is 1.